The quantitative estimate of drug-likeness (QED) is 0.832. The molecule has 2 saturated heterocycles. The molecule has 3 rings (SSSR count). The molecule has 0 spiro atoms. The number of rotatable bonds is 3. The van der Waals surface area contributed by atoms with E-state index in [1.165, 1.54) is 24.8 Å². The first kappa shape index (κ1) is 10.3. The third-order valence-electron chi connectivity index (χ3n) is 3.78. The SMILES string of the molecule is Cc1nn(C)cc1CNC1CC2CCC1O2. The summed E-state index contributed by atoms with van der Waals surface area (Å²) in [6, 6.07) is 0.554. The molecule has 1 aromatic rings. The summed E-state index contributed by atoms with van der Waals surface area (Å²) < 4.78 is 7.70. The standard InChI is InChI=1S/C12H19N3O/c1-8-9(7-15(2)14-8)6-13-11-5-10-3-4-12(11)16-10/h7,10-13H,3-6H2,1-2H3. The first-order valence-corrected chi connectivity index (χ1v) is 6.10. The van der Waals surface area contributed by atoms with E-state index in [0.717, 1.165) is 12.2 Å². The zero-order valence-corrected chi connectivity index (χ0v) is 9.94. The van der Waals surface area contributed by atoms with Crippen LogP contribution in [0.4, 0.5) is 0 Å². The van der Waals surface area contributed by atoms with Crippen molar-refractivity contribution in [3.05, 3.63) is 17.5 Å². The van der Waals surface area contributed by atoms with Crippen molar-refractivity contribution < 1.29 is 4.74 Å². The molecular weight excluding hydrogens is 202 g/mol. The molecule has 16 heavy (non-hydrogen) atoms. The summed E-state index contributed by atoms with van der Waals surface area (Å²) in [6.45, 7) is 2.98. The van der Waals surface area contributed by atoms with Gasteiger partial charge in [-0.25, -0.2) is 0 Å². The molecule has 4 heteroatoms. The second kappa shape index (κ2) is 3.86. The number of hydrogen-bond donors (Lipinski definition) is 1. The van der Waals surface area contributed by atoms with Gasteiger partial charge in [-0.2, -0.15) is 5.10 Å². The van der Waals surface area contributed by atoms with Crippen molar-refractivity contribution in [3.8, 4) is 0 Å². The van der Waals surface area contributed by atoms with Crippen LogP contribution in [0, 0.1) is 6.92 Å². The van der Waals surface area contributed by atoms with Crippen LogP contribution in [0.3, 0.4) is 0 Å². The maximum Gasteiger partial charge on any atom is 0.0733 e. The van der Waals surface area contributed by atoms with Crippen LogP contribution in [0.1, 0.15) is 30.5 Å². The minimum atomic E-state index is 0.460. The second-order valence-electron chi connectivity index (χ2n) is 5.01. The van der Waals surface area contributed by atoms with Crippen LogP contribution in [0.25, 0.3) is 0 Å². The van der Waals surface area contributed by atoms with Crippen molar-refractivity contribution in [1.82, 2.24) is 15.1 Å². The maximum atomic E-state index is 5.83. The molecule has 3 heterocycles. The fraction of sp³-hybridized carbons (Fsp3) is 0.750. The summed E-state index contributed by atoms with van der Waals surface area (Å²) in [6.07, 6.45) is 6.75. The highest BCUT2D eigenvalue weighted by Crippen LogP contribution is 2.34. The Labute approximate surface area is 96.0 Å². The van der Waals surface area contributed by atoms with Gasteiger partial charge in [0.1, 0.15) is 0 Å². The average Bonchev–Trinajstić information content (AvgIpc) is 2.91. The largest absolute Gasteiger partial charge is 0.373 e. The van der Waals surface area contributed by atoms with Gasteiger partial charge in [0.2, 0.25) is 0 Å². The van der Waals surface area contributed by atoms with Gasteiger partial charge in [0, 0.05) is 31.4 Å². The Morgan fingerprint density at radius 3 is 3.00 bits per heavy atom. The van der Waals surface area contributed by atoms with E-state index >= 15 is 0 Å². The van der Waals surface area contributed by atoms with Gasteiger partial charge in [0.25, 0.3) is 0 Å². The number of aromatic nitrogens is 2. The molecule has 1 N–H and O–H groups in total. The summed E-state index contributed by atoms with van der Waals surface area (Å²) >= 11 is 0. The fourth-order valence-corrected chi connectivity index (χ4v) is 2.92. The summed E-state index contributed by atoms with van der Waals surface area (Å²) in [7, 11) is 1.97. The van der Waals surface area contributed by atoms with Crippen molar-refractivity contribution in [2.24, 2.45) is 7.05 Å². The van der Waals surface area contributed by atoms with Crippen molar-refractivity contribution in [2.75, 3.05) is 0 Å². The predicted molar refractivity (Wildman–Crippen MR) is 61.1 cm³/mol. The van der Waals surface area contributed by atoms with Gasteiger partial charge in [-0.3, -0.25) is 4.68 Å². The van der Waals surface area contributed by atoms with Gasteiger partial charge in [-0.1, -0.05) is 0 Å². The summed E-state index contributed by atoms with van der Waals surface area (Å²) in [4.78, 5) is 0. The van der Waals surface area contributed by atoms with Crippen molar-refractivity contribution in [1.29, 1.82) is 0 Å². The van der Waals surface area contributed by atoms with Crippen LogP contribution in [-0.4, -0.2) is 28.0 Å². The highest BCUT2D eigenvalue weighted by molar-refractivity contribution is 5.15. The molecule has 3 atom stereocenters. The number of nitrogens with one attached hydrogen (secondary N) is 1. The van der Waals surface area contributed by atoms with E-state index in [0.29, 0.717) is 18.2 Å². The van der Waals surface area contributed by atoms with Crippen LogP contribution < -0.4 is 5.32 Å². The molecule has 0 aliphatic carbocycles. The Morgan fingerprint density at radius 2 is 2.44 bits per heavy atom. The average molecular weight is 221 g/mol. The van der Waals surface area contributed by atoms with Crippen molar-refractivity contribution >= 4 is 0 Å². The van der Waals surface area contributed by atoms with Crippen LogP contribution in [-0.2, 0) is 18.3 Å². The molecule has 3 unspecified atom stereocenters. The monoisotopic (exact) mass is 221 g/mol. The molecular formula is C12H19N3O. The third kappa shape index (κ3) is 1.76. The predicted octanol–water partition coefficient (Wildman–Crippen LogP) is 1.14. The number of aryl methyl sites for hydroxylation is 2. The molecule has 0 radical (unpaired) electrons. The molecule has 4 nitrogen and oxygen atoms in total. The van der Waals surface area contributed by atoms with Gasteiger partial charge in [-0.05, 0) is 26.2 Å². The van der Waals surface area contributed by atoms with Crippen LogP contribution >= 0.6 is 0 Å². The van der Waals surface area contributed by atoms with Crippen molar-refractivity contribution in [2.45, 2.75) is 51.0 Å². The van der Waals surface area contributed by atoms with Gasteiger partial charge < -0.3 is 10.1 Å². The maximum absolute atomic E-state index is 5.83. The van der Waals surface area contributed by atoms with Gasteiger partial charge >= 0.3 is 0 Å². The molecule has 88 valence electrons. The number of fused-ring (bicyclic) bond motifs is 2. The minimum Gasteiger partial charge on any atom is -0.373 e. The highest BCUT2D eigenvalue weighted by Gasteiger charge is 2.40. The Morgan fingerprint density at radius 1 is 1.56 bits per heavy atom. The zero-order valence-electron chi connectivity index (χ0n) is 9.94. The van der Waals surface area contributed by atoms with E-state index in [4.69, 9.17) is 4.74 Å². The topological polar surface area (TPSA) is 39.1 Å². The van der Waals surface area contributed by atoms with Crippen molar-refractivity contribution in [3.63, 3.8) is 0 Å². The number of nitrogens with zero attached hydrogens (tertiary/aromatic N) is 2. The van der Waals surface area contributed by atoms with E-state index in [9.17, 15) is 0 Å². The van der Waals surface area contributed by atoms with Crippen LogP contribution in [0.2, 0.25) is 0 Å². The van der Waals surface area contributed by atoms with Gasteiger partial charge in [-0.15, -0.1) is 0 Å². The number of hydrogen-bond acceptors (Lipinski definition) is 3. The smallest absolute Gasteiger partial charge is 0.0733 e. The van der Waals surface area contributed by atoms with Crippen LogP contribution in [0.15, 0.2) is 6.20 Å². The zero-order chi connectivity index (χ0) is 11.1. The Kier molecular flexibility index (Phi) is 2.48. The van der Waals surface area contributed by atoms with E-state index in [2.05, 4.69) is 23.5 Å². The van der Waals surface area contributed by atoms with E-state index in [1.54, 1.807) is 0 Å². The second-order valence-corrected chi connectivity index (χ2v) is 5.01. The molecule has 0 amide bonds. The van der Waals surface area contributed by atoms with E-state index in [-0.39, 0.29) is 0 Å². The molecule has 2 aliphatic rings. The lowest BCUT2D eigenvalue weighted by molar-refractivity contribution is 0.0973. The molecule has 2 bridgehead atoms. The molecule has 0 aromatic carbocycles. The normalized spacial score (nSPS) is 32.5. The summed E-state index contributed by atoms with van der Waals surface area (Å²) in [5.41, 5.74) is 2.42. The molecule has 0 saturated carbocycles. The Bertz CT molecular complexity index is 388. The fourth-order valence-electron chi connectivity index (χ4n) is 2.92. The lowest BCUT2D eigenvalue weighted by Crippen LogP contribution is -2.37. The summed E-state index contributed by atoms with van der Waals surface area (Å²) in [5.74, 6) is 0. The summed E-state index contributed by atoms with van der Waals surface area (Å²) in [5, 5.41) is 7.95. The Balaban J connectivity index is 1.59. The molecule has 1 aromatic heterocycles. The number of ether oxygens (including phenoxy) is 1. The lowest BCUT2D eigenvalue weighted by Gasteiger charge is -2.19. The first-order chi connectivity index (χ1) is 7.72. The lowest BCUT2D eigenvalue weighted by atomic mass is 9.95. The van der Waals surface area contributed by atoms with Gasteiger partial charge in [0.15, 0.2) is 0 Å². The van der Waals surface area contributed by atoms with Gasteiger partial charge in [0.05, 0.1) is 17.9 Å². The third-order valence-corrected chi connectivity index (χ3v) is 3.78. The van der Waals surface area contributed by atoms with E-state index in [1.807, 2.05) is 11.7 Å². The van der Waals surface area contributed by atoms with Crippen LogP contribution in [0.5, 0.6) is 0 Å². The Hall–Kier alpha value is -0.870. The molecule has 2 fully saturated rings. The van der Waals surface area contributed by atoms with E-state index < -0.39 is 0 Å². The molecule has 2 aliphatic heterocycles. The minimum absolute atomic E-state index is 0.460. The first-order valence-electron chi connectivity index (χ1n) is 6.10. The highest BCUT2D eigenvalue weighted by atomic mass is 16.5.